The van der Waals surface area contributed by atoms with Crippen LogP contribution in [0.4, 0.5) is 13.2 Å². The second-order valence-electron chi connectivity index (χ2n) is 7.30. The first-order valence-corrected chi connectivity index (χ1v) is 9.68. The van der Waals surface area contributed by atoms with Gasteiger partial charge in [-0.2, -0.15) is 18.2 Å². The fourth-order valence-corrected chi connectivity index (χ4v) is 3.00. The summed E-state index contributed by atoms with van der Waals surface area (Å²) in [6.45, 7) is 3.69. The van der Waals surface area contributed by atoms with E-state index < -0.39 is 23.7 Å². The molecule has 3 aromatic rings. The van der Waals surface area contributed by atoms with E-state index in [9.17, 15) is 18.0 Å². The van der Waals surface area contributed by atoms with Gasteiger partial charge in [-0.05, 0) is 48.4 Å². The Labute approximate surface area is 182 Å². The second kappa shape index (κ2) is 9.29. The number of benzene rings is 2. The summed E-state index contributed by atoms with van der Waals surface area (Å²) in [5, 5.41) is 6.73. The molecule has 7 nitrogen and oxygen atoms in total. The number of alkyl halides is 3. The Bertz CT molecular complexity index is 1080. The van der Waals surface area contributed by atoms with E-state index >= 15 is 0 Å². The average Bonchev–Trinajstić information content (AvgIpc) is 3.25. The van der Waals surface area contributed by atoms with Crippen LogP contribution in [0.2, 0.25) is 0 Å². The minimum absolute atomic E-state index is 0.0864. The lowest BCUT2D eigenvalue weighted by atomic mass is 10.0. The molecule has 0 radical (unpaired) electrons. The number of amides is 1. The summed E-state index contributed by atoms with van der Waals surface area (Å²) in [6, 6.07) is 8.46. The number of hydrogen-bond donors (Lipinski definition) is 1. The van der Waals surface area contributed by atoms with E-state index in [-0.39, 0.29) is 23.2 Å². The molecule has 0 spiro atoms. The van der Waals surface area contributed by atoms with Gasteiger partial charge in [0.05, 0.1) is 19.8 Å². The molecule has 1 aromatic heterocycles. The monoisotopic (exact) mass is 449 g/mol. The molecule has 1 amide bonds. The number of carbonyl (C=O) groups is 1. The minimum atomic E-state index is -4.47. The van der Waals surface area contributed by atoms with E-state index in [0.717, 1.165) is 24.3 Å². The van der Waals surface area contributed by atoms with Gasteiger partial charge in [-0.1, -0.05) is 19.0 Å². The van der Waals surface area contributed by atoms with Gasteiger partial charge >= 0.3 is 6.18 Å². The lowest BCUT2D eigenvalue weighted by Crippen LogP contribution is -2.32. The molecule has 0 bridgehead atoms. The van der Waals surface area contributed by atoms with Crippen molar-refractivity contribution in [3.05, 3.63) is 59.5 Å². The zero-order chi connectivity index (χ0) is 23.5. The van der Waals surface area contributed by atoms with Gasteiger partial charge in [-0.25, -0.2) is 0 Å². The molecule has 10 heteroatoms. The molecule has 0 unspecified atom stereocenters. The maximum atomic E-state index is 12.7. The largest absolute Gasteiger partial charge is 0.493 e. The van der Waals surface area contributed by atoms with E-state index in [2.05, 4.69) is 15.5 Å². The molecule has 2 aromatic carbocycles. The number of methoxy groups -OCH3 is 2. The van der Waals surface area contributed by atoms with E-state index in [4.69, 9.17) is 14.0 Å². The minimum Gasteiger partial charge on any atom is -0.493 e. The summed E-state index contributed by atoms with van der Waals surface area (Å²) in [5.41, 5.74) is -0.122. The molecule has 3 rings (SSSR count). The number of carbonyl (C=O) groups excluding carboxylic acids is 1. The Morgan fingerprint density at radius 1 is 1.03 bits per heavy atom. The summed E-state index contributed by atoms with van der Waals surface area (Å²) in [4.78, 5) is 17.0. The summed E-state index contributed by atoms with van der Waals surface area (Å²) in [6.07, 6.45) is -4.47. The number of nitrogens with one attached hydrogen (secondary N) is 1. The first-order chi connectivity index (χ1) is 15.1. The van der Waals surface area contributed by atoms with Crippen molar-refractivity contribution in [1.29, 1.82) is 0 Å². The highest BCUT2D eigenvalue weighted by atomic mass is 19.4. The maximum absolute atomic E-state index is 12.7. The van der Waals surface area contributed by atoms with Gasteiger partial charge in [0, 0.05) is 11.1 Å². The first kappa shape index (κ1) is 23.1. The molecule has 0 aliphatic heterocycles. The van der Waals surface area contributed by atoms with Crippen LogP contribution in [-0.4, -0.2) is 30.3 Å². The number of ether oxygens (including phenoxy) is 2. The van der Waals surface area contributed by atoms with E-state index in [1.165, 1.54) is 14.2 Å². The summed E-state index contributed by atoms with van der Waals surface area (Å²) < 4.78 is 54.1. The molecule has 0 fully saturated rings. The van der Waals surface area contributed by atoms with Crippen molar-refractivity contribution < 1.29 is 32.0 Å². The predicted molar refractivity (Wildman–Crippen MR) is 109 cm³/mol. The fourth-order valence-electron chi connectivity index (χ4n) is 3.00. The first-order valence-electron chi connectivity index (χ1n) is 9.68. The highest BCUT2D eigenvalue weighted by Gasteiger charge is 2.31. The summed E-state index contributed by atoms with van der Waals surface area (Å²) in [5.74, 6) is 0.812. The topological polar surface area (TPSA) is 86.5 Å². The van der Waals surface area contributed by atoms with Crippen LogP contribution in [0.3, 0.4) is 0 Å². The average molecular weight is 449 g/mol. The SMILES string of the molecule is COc1ccc(-c2noc([C@@H](NC(=O)c3ccc(C(F)(F)F)cc3)C(C)C)n2)cc1OC. The molecule has 0 aliphatic rings. The normalized spacial score (nSPS) is 12.5. The molecule has 1 N–H and O–H groups in total. The van der Waals surface area contributed by atoms with E-state index in [1.807, 2.05) is 13.8 Å². The van der Waals surface area contributed by atoms with Gasteiger partial charge in [0.1, 0.15) is 6.04 Å². The van der Waals surface area contributed by atoms with Crippen molar-refractivity contribution in [3.63, 3.8) is 0 Å². The third kappa shape index (κ3) is 5.01. The number of hydrogen-bond acceptors (Lipinski definition) is 6. The lowest BCUT2D eigenvalue weighted by molar-refractivity contribution is -0.137. The van der Waals surface area contributed by atoms with Gasteiger partial charge in [-0.15, -0.1) is 0 Å². The molecule has 0 saturated carbocycles. The van der Waals surface area contributed by atoms with Crippen molar-refractivity contribution in [3.8, 4) is 22.9 Å². The fraction of sp³-hybridized carbons (Fsp3) is 0.318. The number of halogens is 3. The van der Waals surface area contributed by atoms with E-state index in [0.29, 0.717) is 17.1 Å². The standard InChI is InChI=1S/C22H22F3N3O4/c1-12(2)18(26-20(29)13-5-8-15(9-6-13)22(23,24)25)21-27-19(28-32-21)14-7-10-16(30-3)17(11-14)31-4/h5-12,18H,1-4H3,(H,26,29)/t18-/m0/s1. The quantitative estimate of drug-likeness (QED) is 0.552. The van der Waals surface area contributed by atoms with Crippen LogP contribution in [0.15, 0.2) is 47.0 Å². The highest BCUT2D eigenvalue weighted by Crippen LogP contribution is 2.32. The van der Waals surface area contributed by atoms with Crippen LogP contribution in [0.5, 0.6) is 11.5 Å². The Morgan fingerprint density at radius 3 is 2.25 bits per heavy atom. The van der Waals surface area contributed by atoms with Crippen molar-refractivity contribution in [2.75, 3.05) is 14.2 Å². The van der Waals surface area contributed by atoms with Crippen LogP contribution in [0.1, 0.15) is 41.7 Å². The maximum Gasteiger partial charge on any atom is 0.416 e. The van der Waals surface area contributed by atoms with Crippen LogP contribution in [-0.2, 0) is 6.18 Å². The number of nitrogens with zero attached hydrogens (tertiary/aromatic N) is 2. The molecule has 0 aliphatic carbocycles. The second-order valence-corrected chi connectivity index (χ2v) is 7.30. The molecule has 32 heavy (non-hydrogen) atoms. The van der Waals surface area contributed by atoms with Crippen molar-refractivity contribution in [1.82, 2.24) is 15.5 Å². The lowest BCUT2D eigenvalue weighted by Gasteiger charge is -2.18. The molecular formula is C22H22F3N3O4. The van der Waals surface area contributed by atoms with Crippen molar-refractivity contribution in [2.45, 2.75) is 26.1 Å². The summed E-state index contributed by atoms with van der Waals surface area (Å²) >= 11 is 0. The molecule has 1 atom stereocenters. The number of rotatable bonds is 7. The summed E-state index contributed by atoms with van der Waals surface area (Å²) in [7, 11) is 3.03. The van der Waals surface area contributed by atoms with Gasteiger partial charge < -0.3 is 19.3 Å². The zero-order valence-corrected chi connectivity index (χ0v) is 17.9. The highest BCUT2D eigenvalue weighted by molar-refractivity contribution is 5.94. The van der Waals surface area contributed by atoms with Crippen LogP contribution in [0, 0.1) is 5.92 Å². The Morgan fingerprint density at radius 2 is 1.69 bits per heavy atom. The van der Waals surface area contributed by atoms with Crippen molar-refractivity contribution in [2.24, 2.45) is 5.92 Å². The van der Waals surface area contributed by atoms with Crippen LogP contribution < -0.4 is 14.8 Å². The molecule has 1 heterocycles. The van der Waals surface area contributed by atoms with Crippen molar-refractivity contribution >= 4 is 5.91 Å². The van der Waals surface area contributed by atoms with Gasteiger partial charge in [0.15, 0.2) is 11.5 Å². The molecular weight excluding hydrogens is 427 g/mol. The third-order valence-corrected chi connectivity index (χ3v) is 4.78. The van der Waals surface area contributed by atoms with Gasteiger partial charge in [0.25, 0.3) is 5.91 Å². The van der Waals surface area contributed by atoms with E-state index in [1.54, 1.807) is 18.2 Å². The Hall–Kier alpha value is -3.56. The molecule has 0 saturated heterocycles. The van der Waals surface area contributed by atoms with Gasteiger partial charge in [0.2, 0.25) is 11.7 Å². The molecule has 170 valence electrons. The Balaban J connectivity index is 1.81. The Kier molecular flexibility index (Phi) is 6.71. The van der Waals surface area contributed by atoms with Crippen LogP contribution >= 0.6 is 0 Å². The smallest absolute Gasteiger partial charge is 0.416 e. The third-order valence-electron chi connectivity index (χ3n) is 4.78. The number of aromatic nitrogens is 2. The zero-order valence-electron chi connectivity index (χ0n) is 17.9. The van der Waals surface area contributed by atoms with Crippen LogP contribution in [0.25, 0.3) is 11.4 Å². The predicted octanol–water partition coefficient (Wildman–Crippen LogP) is 4.90. The van der Waals surface area contributed by atoms with Gasteiger partial charge in [-0.3, -0.25) is 4.79 Å².